The Labute approximate surface area is 178 Å². The summed E-state index contributed by atoms with van der Waals surface area (Å²) in [6, 6.07) is 6.01. The maximum absolute atomic E-state index is 12.6. The van der Waals surface area contributed by atoms with Gasteiger partial charge < -0.3 is 24.5 Å². The summed E-state index contributed by atoms with van der Waals surface area (Å²) < 4.78 is 46.4. The summed E-state index contributed by atoms with van der Waals surface area (Å²) in [7, 11) is 4.62. The lowest BCUT2D eigenvalue weighted by Gasteiger charge is -2.19. The number of nitrogens with zero attached hydrogens (tertiary/aromatic N) is 3. The van der Waals surface area contributed by atoms with Gasteiger partial charge >= 0.3 is 6.18 Å². The summed E-state index contributed by atoms with van der Waals surface area (Å²) in [5.74, 6) is 0.169. The largest absolute Gasteiger partial charge is 0.481 e. The van der Waals surface area contributed by atoms with Crippen LogP contribution in [0.15, 0.2) is 30.5 Å². The van der Waals surface area contributed by atoms with Crippen molar-refractivity contribution in [2.24, 2.45) is 0 Å². The lowest BCUT2D eigenvalue weighted by atomic mass is 10.2. The van der Waals surface area contributed by atoms with Crippen molar-refractivity contribution in [2.45, 2.75) is 26.1 Å². The molecule has 0 aromatic carbocycles. The second-order valence-corrected chi connectivity index (χ2v) is 6.14. The summed E-state index contributed by atoms with van der Waals surface area (Å²) in [5.41, 5.74) is 0.963. The smallest absolute Gasteiger partial charge is 0.422 e. The molecule has 2 rings (SSSR count). The van der Waals surface area contributed by atoms with Gasteiger partial charge in [0, 0.05) is 43.9 Å². The molecule has 0 fully saturated rings. The molecular weight excluding hydrogens is 417 g/mol. The van der Waals surface area contributed by atoms with Gasteiger partial charge in [0.2, 0.25) is 11.8 Å². The molecule has 0 aliphatic rings. The Bertz CT molecular complexity index is 863. The molecule has 0 saturated heterocycles. The molecule has 2 aromatic heterocycles. The number of rotatable bonds is 8. The van der Waals surface area contributed by atoms with E-state index in [1.54, 1.807) is 26.2 Å². The molecule has 2 aromatic rings. The number of hydrogen-bond donors (Lipinski definition) is 1. The van der Waals surface area contributed by atoms with Gasteiger partial charge in [-0.1, -0.05) is 6.92 Å². The van der Waals surface area contributed by atoms with Crippen molar-refractivity contribution >= 4 is 18.0 Å². The van der Waals surface area contributed by atoms with Gasteiger partial charge in [-0.05, 0) is 18.2 Å². The fourth-order valence-corrected chi connectivity index (χ4v) is 2.23. The van der Waals surface area contributed by atoms with Crippen LogP contribution in [0, 0.1) is 0 Å². The number of carbonyl (C=O) groups excluding carboxylic acids is 2. The zero-order chi connectivity index (χ0) is 23.4. The van der Waals surface area contributed by atoms with Crippen molar-refractivity contribution < 1.29 is 32.2 Å². The van der Waals surface area contributed by atoms with Gasteiger partial charge in [-0.25, -0.2) is 4.98 Å². The first-order chi connectivity index (χ1) is 14.6. The number of nitrogens with one attached hydrogen (secondary N) is 1. The van der Waals surface area contributed by atoms with E-state index in [-0.39, 0.29) is 24.2 Å². The molecular formula is C20H25F3N4O4. The molecule has 0 bridgehead atoms. The summed E-state index contributed by atoms with van der Waals surface area (Å²) >= 11 is 0. The van der Waals surface area contributed by atoms with E-state index < -0.39 is 12.8 Å². The van der Waals surface area contributed by atoms with Crippen molar-refractivity contribution in [2.75, 3.05) is 33.1 Å². The minimum Gasteiger partial charge on any atom is -0.481 e. The van der Waals surface area contributed by atoms with Crippen LogP contribution in [-0.2, 0) is 11.3 Å². The van der Waals surface area contributed by atoms with Crippen molar-refractivity contribution in [1.29, 1.82) is 0 Å². The first kappa shape index (κ1) is 25.7. The average Bonchev–Trinajstić information content (AvgIpc) is 2.77. The molecule has 1 amide bonds. The average molecular weight is 442 g/mol. The van der Waals surface area contributed by atoms with Crippen LogP contribution in [0.2, 0.25) is 0 Å². The number of ether oxygens (including phenoxy) is 2. The Morgan fingerprint density at radius 2 is 1.97 bits per heavy atom. The van der Waals surface area contributed by atoms with E-state index in [1.165, 1.54) is 30.3 Å². The van der Waals surface area contributed by atoms with E-state index >= 15 is 0 Å². The highest BCUT2D eigenvalue weighted by Crippen LogP contribution is 2.23. The van der Waals surface area contributed by atoms with Crippen molar-refractivity contribution in [3.8, 4) is 11.8 Å². The zero-order valence-corrected chi connectivity index (χ0v) is 17.7. The van der Waals surface area contributed by atoms with Gasteiger partial charge in [0.05, 0.1) is 13.7 Å². The topological polar surface area (TPSA) is 93.7 Å². The van der Waals surface area contributed by atoms with Gasteiger partial charge in [-0.15, -0.1) is 0 Å². The van der Waals surface area contributed by atoms with Crippen molar-refractivity contribution in [1.82, 2.24) is 14.9 Å². The molecule has 1 N–H and O–H groups in total. The van der Waals surface area contributed by atoms with Crippen LogP contribution in [0.5, 0.6) is 11.8 Å². The Morgan fingerprint density at radius 1 is 1.29 bits per heavy atom. The highest BCUT2D eigenvalue weighted by atomic mass is 19.4. The molecule has 31 heavy (non-hydrogen) atoms. The number of halogens is 3. The summed E-state index contributed by atoms with van der Waals surface area (Å²) in [4.78, 5) is 31.1. The fourth-order valence-electron chi connectivity index (χ4n) is 2.23. The predicted molar refractivity (Wildman–Crippen MR) is 108 cm³/mol. The van der Waals surface area contributed by atoms with Crippen LogP contribution >= 0.6 is 0 Å². The monoisotopic (exact) mass is 442 g/mol. The van der Waals surface area contributed by atoms with E-state index in [1.807, 2.05) is 6.92 Å². The summed E-state index contributed by atoms with van der Waals surface area (Å²) in [6.07, 6.45) is -1.43. The number of anilines is 1. The minimum absolute atomic E-state index is 0.0833. The number of methoxy groups -OCH3 is 1. The third kappa shape index (κ3) is 8.89. The lowest BCUT2D eigenvalue weighted by molar-refractivity contribution is -0.154. The number of carbonyl (C=O) groups is 2. The molecule has 2 heterocycles. The second-order valence-electron chi connectivity index (χ2n) is 6.14. The fraction of sp³-hybridized carbons (Fsp3) is 0.400. The molecule has 0 aliphatic carbocycles. The van der Waals surface area contributed by atoms with E-state index in [9.17, 15) is 22.8 Å². The maximum Gasteiger partial charge on any atom is 0.422 e. The molecule has 0 atom stereocenters. The SMILES string of the molecule is CCC=O.CNc1cc(C(=O)N(C)Cc2ccc(OCC(F)(F)F)nc2OC)ccn1. The molecule has 0 radical (unpaired) electrons. The number of aldehydes is 1. The van der Waals surface area contributed by atoms with E-state index in [4.69, 9.17) is 4.74 Å². The van der Waals surface area contributed by atoms with Gasteiger partial charge in [0.15, 0.2) is 6.61 Å². The van der Waals surface area contributed by atoms with Gasteiger partial charge in [-0.2, -0.15) is 18.2 Å². The number of hydrogen-bond acceptors (Lipinski definition) is 7. The lowest BCUT2D eigenvalue weighted by Crippen LogP contribution is -2.26. The van der Waals surface area contributed by atoms with Gasteiger partial charge in [0.25, 0.3) is 5.91 Å². The van der Waals surface area contributed by atoms with Crippen LogP contribution in [0.25, 0.3) is 0 Å². The van der Waals surface area contributed by atoms with Crippen LogP contribution < -0.4 is 14.8 Å². The third-order valence-electron chi connectivity index (χ3n) is 3.67. The third-order valence-corrected chi connectivity index (χ3v) is 3.67. The second kappa shape index (κ2) is 12.4. The predicted octanol–water partition coefficient (Wildman–Crippen LogP) is 3.34. The Morgan fingerprint density at radius 3 is 2.52 bits per heavy atom. The number of aromatic nitrogens is 2. The van der Waals surface area contributed by atoms with Crippen LogP contribution in [0.1, 0.15) is 29.3 Å². The number of pyridine rings is 2. The zero-order valence-electron chi connectivity index (χ0n) is 17.7. The standard InChI is InChI=1S/C17H19F3N4O3.C3H6O/c1-21-13-8-11(6-7-22-13)16(25)24(2)9-12-4-5-14(23-15(12)26-3)27-10-17(18,19)20;1-2-3-4/h4-8H,9-10H2,1-3H3,(H,21,22);3H,2H2,1H3. The van der Waals surface area contributed by atoms with Crippen LogP contribution in [0.3, 0.4) is 0 Å². The maximum atomic E-state index is 12.6. The van der Waals surface area contributed by atoms with Crippen LogP contribution in [0.4, 0.5) is 19.0 Å². The molecule has 0 saturated carbocycles. The van der Waals surface area contributed by atoms with Crippen LogP contribution in [-0.4, -0.2) is 61.0 Å². The summed E-state index contributed by atoms with van der Waals surface area (Å²) in [6.45, 7) is 0.509. The first-order valence-corrected chi connectivity index (χ1v) is 9.21. The number of alkyl halides is 3. The van der Waals surface area contributed by atoms with Crippen molar-refractivity contribution in [3.63, 3.8) is 0 Å². The highest BCUT2D eigenvalue weighted by Gasteiger charge is 2.29. The van der Waals surface area contributed by atoms with E-state index in [2.05, 4.69) is 20.0 Å². The molecule has 11 heteroatoms. The Hall–Kier alpha value is -3.37. The first-order valence-electron chi connectivity index (χ1n) is 9.21. The quantitative estimate of drug-likeness (QED) is 0.627. The van der Waals surface area contributed by atoms with Crippen molar-refractivity contribution in [3.05, 3.63) is 41.6 Å². The van der Waals surface area contributed by atoms with E-state index in [0.29, 0.717) is 23.4 Å². The highest BCUT2D eigenvalue weighted by molar-refractivity contribution is 5.94. The number of amides is 1. The molecule has 8 nitrogen and oxygen atoms in total. The summed E-state index contributed by atoms with van der Waals surface area (Å²) in [5, 5.41) is 2.85. The molecule has 0 unspecified atom stereocenters. The normalized spacial score (nSPS) is 10.4. The molecule has 0 aliphatic heterocycles. The van der Waals surface area contributed by atoms with E-state index in [0.717, 1.165) is 6.29 Å². The minimum atomic E-state index is -4.46. The Kier molecular flexibility index (Phi) is 10.2. The van der Waals surface area contributed by atoms with Gasteiger partial charge in [-0.3, -0.25) is 4.79 Å². The Balaban J connectivity index is 0.00000110. The van der Waals surface area contributed by atoms with Gasteiger partial charge in [0.1, 0.15) is 12.1 Å². The molecule has 0 spiro atoms. The molecule has 170 valence electrons.